The fraction of sp³-hybridized carbons (Fsp3) is 0.375. The Hall–Kier alpha value is -1.99. The summed E-state index contributed by atoms with van der Waals surface area (Å²) in [5, 5.41) is 14.8. The van der Waals surface area contributed by atoms with Gasteiger partial charge in [0.25, 0.3) is 0 Å². The first-order chi connectivity index (χ1) is 10.1. The van der Waals surface area contributed by atoms with E-state index in [1.807, 2.05) is 38.2 Å². The van der Waals surface area contributed by atoms with Crippen LogP contribution in [0.4, 0.5) is 0 Å². The van der Waals surface area contributed by atoms with E-state index in [1.54, 1.807) is 4.68 Å². The molecule has 1 aliphatic rings. The number of fused-ring (bicyclic) bond motifs is 1. The molecule has 0 fully saturated rings. The maximum atomic E-state index is 9.86. The Morgan fingerprint density at radius 1 is 1.48 bits per heavy atom. The predicted molar refractivity (Wildman–Crippen MR) is 80.5 cm³/mol. The van der Waals surface area contributed by atoms with Crippen molar-refractivity contribution < 1.29 is 4.74 Å². The largest absolute Gasteiger partial charge is 0.493 e. The fourth-order valence-electron chi connectivity index (χ4n) is 2.97. The number of hydrogen-bond acceptors (Lipinski definition) is 3. The Labute approximate surface area is 128 Å². The zero-order valence-corrected chi connectivity index (χ0v) is 12.8. The van der Waals surface area contributed by atoms with E-state index in [1.165, 1.54) is 0 Å². The number of aryl methyl sites for hydroxylation is 2. The second kappa shape index (κ2) is 5.09. The van der Waals surface area contributed by atoms with Crippen LogP contribution in [0.1, 0.15) is 23.2 Å². The van der Waals surface area contributed by atoms with Crippen LogP contribution < -0.4 is 4.74 Å². The molecule has 1 aromatic heterocycles. The molecular formula is C16H16ClN3O. The number of rotatable bonds is 2. The molecule has 4 nitrogen and oxygen atoms in total. The van der Waals surface area contributed by atoms with Gasteiger partial charge in [-0.2, -0.15) is 10.4 Å². The van der Waals surface area contributed by atoms with Gasteiger partial charge in [0.2, 0.25) is 0 Å². The zero-order valence-electron chi connectivity index (χ0n) is 12.1. The molecule has 5 heteroatoms. The van der Waals surface area contributed by atoms with E-state index in [4.69, 9.17) is 16.3 Å². The van der Waals surface area contributed by atoms with Gasteiger partial charge in [-0.05, 0) is 13.0 Å². The van der Waals surface area contributed by atoms with Crippen LogP contribution in [0, 0.1) is 18.3 Å². The topological polar surface area (TPSA) is 50.8 Å². The molecule has 108 valence electrons. The lowest BCUT2D eigenvalue weighted by atomic mass is 9.73. The molecule has 2 heterocycles. The lowest BCUT2D eigenvalue weighted by Crippen LogP contribution is -2.34. The quantitative estimate of drug-likeness (QED) is 0.856. The van der Waals surface area contributed by atoms with E-state index in [0.29, 0.717) is 24.6 Å². The van der Waals surface area contributed by atoms with Crippen LogP contribution in [0.15, 0.2) is 24.3 Å². The molecule has 1 atom stereocenters. The van der Waals surface area contributed by atoms with E-state index >= 15 is 0 Å². The standard InChI is InChI=1S/C16H16ClN3O/c1-11-12(15(17)20(2)19-11)9-16(10-18)7-8-21-14-6-4-3-5-13(14)16/h3-6H,7-9H2,1-2H3. The van der Waals surface area contributed by atoms with E-state index in [0.717, 1.165) is 22.6 Å². The molecule has 1 unspecified atom stereocenters. The van der Waals surface area contributed by atoms with Crippen molar-refractivity contribution in [2.45, 2.75) is 25.2 Å². The molecule has 1 aromatic carbocycles. The molecule has 0 radical (unpaired) electrons. The average Bonchev–Trinajstić information content (AvgIpc) is 2.74. The van der Waals surface area contributed by atoms with E-state index in [9.17, 15) is 5.26 Å². The highest BCUT2D eigenvalue weighted by molar-refractivity contribution is 6.30. The highest BCUT2D eigenvalue weighted by atomic mass is 35.5. The Morgan fingerprint density at radius 3 is 2.90 bits per heavy atom. The SMILES string of the molecule is Cc1nn(C)c(Cl)c1CC1(C#N)CCOc2ccccc21. The summed E-state index contributed by atoms with van der Waals surface area (Å²) in [6, 6.07) is 10.3. The summed E-state index contributed by atoms with van der Waals surface area (Å²) in [6.07, 6.45) is 1.22. The Bertz CT molecular complexity index is 732. The first-order valence-electron chi connectivity index (χ1n) is 6.89. The predicted octanol–water partition coefficient (Wildman–Crippen LogP) is 3.17. The van der Waals surface area contributed by atoms with Crippen molar-refractivity contribution in [1.29, 1.82) is 5.26 Å². The van der Waals surface area contributed by atoms with Gasteiger partial charge in [-0.15, -0.1) is 0 Å². The van der Waals surface area contributed by atoms with E-state index in [-0.39, 0.29) is 0 Å². The minimum absolute atomic E-state index is 0.543. The first-order valence-corrected chi connectivity index (χ1v) is 7.27. The van der Waals surface area contributed by atoms with Crippen molar-refractivity contribution >= 4 is 11.6 Å². The molecular weight excluding hydrogens is 286 g/mol. The lowest BCUT2D eigenvalue weighted by molar-refractivity contribution is 0.241. The van der Waals surface area contributed by atoms with Gasteiger partial charge in [0.15, 0.2) is 0 Å². The summed E-state index contributed by atoms with van der Waals surface area (Å²) in [4.78, 5) is 0. The van der Waals surface area contributed by atoms with Gasteiger partial charge < -0.3 is 4.74 Å². The van der Waals surface area contributed by atoms with Gasteiger partial charge in [0.05, 0.1) is 23.8 Å². The van der Waals surface area contributed by atoms with Crippen LogP contribution in [0.3, 0.4) is 0 Å². The van der Waals surface area contributed by atoms with Crippen LogP contribution in [0.5, 0.6) is 5.75 Å². The number of halogens is 1. The summed E-state index contributed by atoms with van der Waals surface area (Å²) in [5.74, 6) is 0.794. The number of hydrogen-bond donors (Lipinski definition) is 0. The van der Waals surface area contributed by atoms with Crippen molar-refractivity contribution in [2.24, 2.45) is 7.05 Å². The van der Waals surface area contributed by atoms with Crippen molar-refractivity contribution in [1.82, 2.24) is 9.78 Å². The molecule has 2 aromatic rings. The monoisotopic (exact) mass is 301 g/mol. The smallest absolute Gasteiger partial charge is 0.130 e. The van der Waals surface area contributed by atoms with Crippen molar-refractivity contribution in [2.75, 3.05) is 6.61 Å². The number of aromatic nitrogens is 2. The van der Waals surface area contributed by atoms with Crippen molar-refractivity contribution in [3.63, 3.8) is 0 Å². The van der Waals surface area contributed by atoms with Crippen molar-refractivity contribution in [3.8, 4) is 11.8 Å². The summed E-state index contributed by atoms with van der Waals surface area (Å²) in [6.45, 7) is 2.47. The van der Waals surface area contributed by atoms with E-state index in [2.05, 4.69) is 11.2 Å². The molecule has 0 bridgehead atoms. The lowest BCUT2D eigenvalue weighted by Gasteiger charge is -2.33. The van der Waals surface area contributed by atoms with Gasteiger partial charge in [-0.1, -0.05) is 29.8 Å². The molecule has 3 rings (SSSR count). The third-order valence-corrected chi connectivity index (χ3v) is 4.62. The van der Waals surface area contributed by atoms with Crippen LogP contribution >= 0.6 is 11.6 Å². The van der Waals surface area contributed by atoms with Crippen molar-refractivity contribution in [3.05, 3.63) is 46.2 Å². The summed E-state index contributed by atoms with van der Waals surface area (Å²) < 4.78 is 7.33. The molecule has 0 N–H and O–H groups in total. The molecule has 0 amide bonds. The molecule has 1 aliphatic heterocycles. The third-order valence-electron chi connectivity index (χ3n) is 4.15. The van der Waals surface area contributed by atoms with Crippen LogP contribution in [0.25, 0.3) is 0 Å². The van der Waals surface area contributed by atoms with Crippen LogP contribution in [-0.4, -0.2) is 16.4 Å². The van der Waals surface area contributed by atoms with Gasteiger partial charge in [0, 0.05) is 31.0 Å². The highest BCUT2D eigenvalue weighted by Crippen LogP contribution is 2.42. The summed E-state index contributed by atoms with van der Waals surface area (Å²) >= 11 is 6.34. The van der Waals surface area contributed by atoms with Crippen LogP contribution in [-0.2, 0) is 18.9 Å². The normalized spacial score (nSPS) is 20.5. The summed E-state index contributed by atoms with van der Waals surface area (Å²) in [5.41, 5.74) is 2.16. The Kier molecular flexibility index (Phi) is 3.38. The molecule has 0 saturated heterocycles. The second-order valence-electron chi connectivity index (χ2n) is 5.44. The average molecular weight is 302 g/mol. The molecule has 21 heavy (non-hydrogen) atoms. The van der Waals surface area contributed by atoms with Gasteiger partial charge in [-0.3, -0.25) is 4.68 Å². The molecule has 0 aliphatic carbocycles. The first kappa shape index (κ1) is 14.0. The minimum atomic E-state index is -0.605. The minimum Gasteiger partial charge on any atom is -0.493 e. The second-order valence-corrected chi connectivity index (χ2v) is 5.80. The van der Waals surface area contributed by atoms with E-state index < -0.39 is 5.41 Å². The maximum Gasteiger partial charge on any atom is 0.130 e. The van der Waals surface area contributed by atoms with Gasteiger partial charge in [-0.25, -0.2) is 0 Å². The Morgan fingerprint density at radius 2 is 2.24 bits per heavy atom. The van der Waals surface area contributed by atoms with Crippen LogP contribution in [0.2, 0.25) is 5.15 Å². The Balaban J connectivity index is 2.09. The molecule has 0 spiro atoms. The third kappa shape index (κ3) is 2.18. The highest BCUT2D eigenvalue weighted by Gasteiger charge is 2.39. The summed E-state index contributed by atoms with van der Waals surface area (Å²) in [7, 11) is 1.82. The number of nitriles is 1. The maximum absolute atomic E-state index is 9.86. The number of benzene rings is 1. The zero-order chi connectivity index (χ0) is 15.0. The number of para-hydroxylation sites is 1. The van der Waals surface area contributed by atoms with Gasteiger partial charge >= 0.3 is 0 Å². The number of ether oxygens (including phenoxy) is 1. The van der Waals surface area contributed by atoms with Gasteiger partial charge in [0.1, 0.15) is 10.9 Å². The fourth-order valence-corrected chi connectivity index (χ4v) is 3.21. The molecule has 0 saturated carbocycles. The number of nitrogens with zero attached hydrogens (tertiary/aromatic N) is 3.